The lowest BCUT2D eigenvalue weighted by Crippen LogP contribution is -2.30. The molecule has 0 aliphatic carbocycles. The molecule has 0 saturated heterocycles. The normalized spacial score (nSPS) is 10.7. The molecule has 3 rings (SSSR count). The van der Waals surface area contributed by atoms with E-state index in [4.69, 9.17) is 0 Å². The Balaban J connectivity index is 1.73. The molecule has 134 valence electrons. The molecular formula is C18H19N5O3. The number of aryl methyl sites for hydroxylation is 2. The van der Waals surface area contributed by atoms with Gasteiger partial charge < -0.3 is 15.0 Å². The van der Waals surface area contributed by atoms with E-state index in [-0.39, 0.29) is 5.69 Å². The molecule has 0 bridgehead atoms. The molecule has 1 aromatic carbocycles. The lowest BCUT2D eigenvalue weighted by atomic mass is 10.2. The minimum absolute atomic E-state index is 0.186. The monoisotopic (exact) mass is 353 g/mol. The summed E-state index contributed by atoms with van der Waals surface area (Å²) in [6.45, 7) is 3.01. The third kappa shape index (κ3) is 3.97. The molecule has 0 radical (unpaired) electrons. The van der Waals surface area contributed by atoms with Crippen LogP contribution in [-0.4, -0.2) is 36.9 Å². The van der Waals surface area contributed by atoms with Crippen LogP contribution in [0, 0.1) is 6.92 Å². The van der Waals surface area contributed by atoms with Gasteiger partial charge in [-0.3, -0.25) is 9.59 Å². The van der Waals surface area contributed by atoms with Crippen LogP contribution in [0.15, 0.2) is 53.8 Å². The zero-order valence-electron chi connectivity index (χ0n) is 14.3. The summed E-state index contributed by atoms with van der Waals surface area (Å²) in [5.41, 5.74) is 0.789. The Morgan fingerprint density at radius 1 is 1.31 bits per heavy atom. The molecule has 0 aliphatic rings. The number of hydrogen-bond acceptors (Lipinski definition) is 5. The van der Waals surface area contributed by atoms with Gasteiger partial charge in [-0.2, -0.15) is 9.78 Å². The highest BCUT2D eigenvalue weighted by Crippen LogP contribution is 2.13. The third-order valence-corrected chi connectivity index (χ3v) is 3.81. The van der Waals surface area contributed by atoms with Crippen molar-refractivity contribution in [2.75, 3.05) is 6.54 Å². The van der Waals surface area contributed by atoms with Gasteiger partial charge in [0.05, 0.1) is 12.0 Å². The molecule has 1 amide bonds. The predicted octanol–water partition coefficient (Wildman–Crippen LogP) is 1.26. The van der Waals surface area contributed by atoms with E-state index in [1.54, 1.807) is 30.7 Å². The highest BCUT2D eigenvalue weighted by atomic mass is 16.3. The Bertz CT molecular complexity index is 963. The number of imidazole rings is 1. The molecule has 0 spiro atoms. The Labute approximate surface area is 149 Å². The van der Waals surface area contributed by atoms with E-state index in [9.17, 15) is 14.7 Å². The Hall–Kier alpha value is -3.42. The van der Waals surface area contributed by atoms with Crippen LogP contribution in [-0.2, 0) is 6.54 Å². The zero-order chi connectivity index (χ0) is 18.5. The van der Waals surface area contributed by atoms with Crippen molar-refractivity contribution in [2.24, 2.45) is 0 Å². The maximum Gasteiger partial charge on any atom is 0.275 e. The van der Waals surface area contributed by atoms with E-state index in [2.05, 4.69) is 15.4 Å². The first kappa shape index (κ1) is 17.4. The molecule has 2 N–H and O–H groups in total. The highest BCUT2D eigenvalue weighted by Gasteiger charge is 2.16. The summed E-state index contributed by atoms with van der Waals surface area (Å²) in [5.74, 6) is -0.972. The molecule has 0 unspecified atom stereocenters. The van der Waals surface area contributed by atoms with Gasteiger partial charge in [0.1, 0.15) is 0 Å². The lowest BCUT2D eigenvalue weighted by molar-refractivity contribution is 0.0942. The third-order valence-electron chi connectivity index (χ3n) is 3.81. The lowest BCUT2D eigenvalue weighted by Gasteiger charge is -2.10. The molecule has 8 heteroatoms. The first-order valence-corrected chi connectivity index (χ1v) is 8.19. The average molecular weight is 353 g/mol. The predicted molar refractivity (Wildman–Crippen MR) is 95.4 cm³/mol. The van der Waals surface area contributed by atoms with Gasteiger partial charge in [-0.25, -0.2) is 4.98 Å². The van der Waals surface area contributed by atoms with Crippen LogP contribution in [0.1, 0.15) is 22.5 Å². The second kappa shape index (κ2) is 7.64. The van der Waals surface area contributed by atoms with Crippen LogP contribution in [0.2, 0.25) is 0 Å². The smallest absolute Gasteiger partial charge is 0.275 e. The van der Waals surface area contributed by atoms with Crippen molar-refractivity contribution in [3.05, 3.63) is 70.7 Å². The van der Waals surface area contributed by atoms with Gasteiger partial charge in [-0.1, -0.05) is 12.1 Å². The van der Waals surface area contributed by atoms with Crippen molar-refractivity contribution in [2.45, 2.75) is 19.9 Å². The van der Waals surface area contributed by atoms with Crippen LogP contribution in [0.25, 0.3) is 5.69 Å². The molecular weight excluding hydrogens is 334 g/mol. The van der Waals surface area contributed by atoms with Gasteiger partial charge in [0.25, 0.3) is 11.5 Å². The van der Waals surface area contributed by atoms with E-state index in [0.717, 1.165) is 16.3 Å². The maximum atomic E-state index is 12.3. The summed E-state index contributed by atoms with van der Waals surface area (Å²) in [4.78, 5) is 28.4. The fourth-order valence-corrected chi connectivity index (χ4v) is 2.52. The minimum Gasteiger partial charge on any atom is -0.505 e. The molecule has 26 heavy (non-hydrogen) atoms. The van der Waals surface area contributed by atoms with Crippen molar-refractivity contribution in [3.8, 4) is 11.4 Å². The second-order valence-corrected chi connectivity index (χ2v) is 5.88. The number of aromatic nitrogens is 4. The zero-order valence-corrected chi connectivity index (χ0v) is 14.3. The second-order valence-electron chi connectivity index (χ2n) is 5.88. The van der Waals surface area contributed by atoms with E-state index >= 15 is 0 Å². The SMILES string of the molecule is Cc1cccc(-n2nc(C(=O)NCCCn3ccnc3)c(O)cc2=O)c1. The Morgan fingerprint density at radius 2 is 2.15 bits per heavy atom. The molecule has 0 atom stereocenters. The van der Waals surface area contributed by atoms with Crippen LogP contribution in [0.5, 0.6) is 5.75 Å². The van der Waals surface area contributed by atoms with E-state index < -0.39 is 17.2 Å². The van der Waals surface area contributed by atoms with E-state index in [0.29, 0.717) is 25.2 Å². The summed E-state index contributed by atoms with van der Waals surface area (Å²) < 4.78 is 3.01. The van der Waals surface area contributed by atoms with Crippen LogP contribution in [0.4, 0.5) is 0 Å². The fourth-order valence-electron chi connectivity index (χ4n) is 2.52. The van der Waals surface area contributed by atoms with Crippen molar-refractivity contribution in [1.29, 1.82) is 0 Å². The number of nitrogens with zero attached hydrogens (tertiary/aromatic N) is 4. The largest absolute Gasteiger partial charge is 0.505 e. The van der Waals surface area contributed by atoms with Gasteiger partial charge in [0.2, 0.25) is 0 Å². The molecule has 2 heterocycles. The Morgan fingerprint density at radius 3 is 2.88 bits per heavy atom. The van der Waals surface area contributed by atoms with Crippen molar-refractivity contribution in [3.63, 3.8) is 0 Å². The molecule has 2 aromatic heterocycles. The first-order chi connectivity index (χ1) is 12.5. The van der Waals surface area contributed by atoms with Gasteiger partial charge in [0.15, 0.2) is 11.4 Å². The number of amides is 1. The van der Waals surface area contributed by atoms with Gasteiger partial charge in [0, 0.05) is 31.5 Å². The maximum absolute atomic E-state index is 12.3. The van der Waals surface area contributed by atoms with E-state index in [1.165, 1.54) is 0 Å². The summed E-state index contributed by atoms with van der Waals surface area (Å²) in [6.07, 6.45) is 5.93. The minimum atomic E-state index is -0.533. The number of benzene rings is 1. The van der Waals surface area contributed by atoms with Gasteiger partial charge >= 0.3 is 0 Å². The van der Waals surface area contributed by atoms with E-state index in [1.807, 2.05) is 23.8 Å². The number of aromatic hydroxyl groups is 1. The molecule has 0 saturated carbocycles. The van der Waals surface area contributed by atoms with Gasteiger partial charge in [-0.15, -0.1) is 0 Å². The standard InChI is InChI=1S/C18H19N5O3/c1-13-4-2-5-14(10-13)23-16(25)11-15(24)17(21-23)18(26)20-6-3-8-22-9-7-19-12-22/h2,4-5,7,9-12,24H,3,6,8H2,1H3,(H,20,26). The number of carbonyl (C=O) groups excluding carboxylic acids is 1. The molecule has 0 aliphatic heterocycles. The highest BCUT2D eigenvalue weighted by molar-refractivity contribution is 5.94. The average Bonchev–Trinajstić information content (AvgIpc) is 3.12. The van der Waals surface area contributed by atoms with Crippen LogP contribution in [0.3, 0.4) is 0 Å². The number of rotatable bonds is 6. The summed E-state index contributed by atoms with van der Waals surface area (Å²) in [7, 11) is 0. The van der Waals surface area contributed by atoms with Crippen LogP contribution >= 0.6 is 0 Å². The number of carbonyl (C=O) groups is 1. The van der Waals surface area contributed by atoms with Crippen molar-refractivity contribution >= 4 is 5.91 Å². The quantitative estimate of drug-likeness (QED) is 0.650. The molecule has 0 fully saturated rings. The van der Waals surface area contributed by atoms with Crippen molar-refractivity contribution < 1.29 is 9.90 Å². The molecule has 3 aromatic rings. The fraction of sp³-hybridized carbons (Fsp3) is 0.222. The van der Waals surface area contributed by atoms with Crippen molar-refractivity contribution in [1.82, 2.24) is 24.6 Å². The summed E-state index contributed by atoms with van der Waals surface area (Å²) >= 11 is 0. The molecule has 8 nitrogen and oxygen atoms in total. The Kier molecular flexibility index (Phi) is 5.12. The number of nitrogens with one attached hydrogen (secondary N) is 1. The van der Waals surface area contributed by atoms with Crippen LogP contribution < -0.4 is 10.9 Å². The topological polar surface area (TPSA) is 102 Å². The number of hydrogen-bond donors (Lipinski definition) is 2. The summed E-state index contributed by atoms with van der Waals surface area (Å²) in [6, 6.07) is 8.17. The summed E-state index contributed by atoms with van der Waals surface area (Å²) in [5, 5.41) is 16.7. The van der Waals surface area contributed by atoms with Gasteiger partial charge in [-0.05, 0) is 31.0 Å². The first-order valence-electron chi connectivity index (χ1n) is 8.19.